The predicted molar refractivity (Wildman–Crippen MR) is 56.6 cm³/mol. The highest BCUT2D eigenvalue weighted by Crippen LogP contribution is 2.12. The number of rotatable bonds is 4. The second-order valence-electron chi connectivity index (χ2n) is 3.66. The summed E-state index contributed by atoms with van der Waals surface area (Å²) in [6.45, 7) is 4.44. The lowest BCUT2D eigenvalue weighted by atomic mass is 10.3. The third-order valence-electron chi connectivity index (χ3n) is 2.49. The number of hydrazine groups is 1. The van der Waals surface area contributed by atoms with Crippen LogP contribution in [0.1, 0.15) is 39.5 Å². The van der Waals surface area contributed by atoms with E-state index in [0.717, 1.165) is 19.4 Å². The number of hydrogen-bond donors (Lipinski definition) is 2. The van der Waals surface area contributed by atoms with Gasteiger partial charge in [0.1, 0.15) is 0 Å². The number of nitrogens with zero attached hydrogens (tertiary/aromatic N) is 1. The Kier molecular flexibility index (Phi) is 4.55. The molecule has 2 N–H and O–H groups in total. The summed E-state index contributed by atoms with van der Waals surface area (Å²) in [4.78, 5) is 22.4. The lowest BCUT2D eigenvalue weighted by Gasteiger charge is -2.25. The van der Waals surface area contributed by atoms with Crippen LogP contribution < -0.4 is 10.7 Å². The Bertz CT molecular complexity index is 219. The minimum Gasteiger partial charge on any atom is -0.339 e. The monoisotopic (exact) mass is 213 g/mol. The van der Waals surface area contributed by atoms with Crippen molar-refractivity contribution < 1.29 is 9.59 Å². The highest BCUT2D eigenvalue weighted by atomic mass is 16.2. The summed E-state index contributed by atoms with van der Waals surface area (Å²) in [5.41, 5.74) is 2.79. The highest BCUT2D eigenvalue weighted by Gasteiger charge is 2.26. The third-order valence-corrected chi connectivity index (χ3v) is 2.49. The average molecular weight is 213 g/mol. The van der Waals surface area contributed by atoms with E-state index in [9.17, 15) is 9.59 Å². The van der Waals surface area contributed by atoms with Gasteiger partial charge in [0.2, 0.25) is 11.8 Å². The van der Waals surface area contributed by atoms with Gasteiger partial charge in [-0.25, -0.2) is 0 Å². The van der Waals surface area contributed by atoms with E-state index in [-0.39, 0.29) is 18.0 Å². The quantitative estimate of drug-likeness (QED) is 0.709. The van der Waals surface area contributed by atoms with Crippen LogP contribution in [0.3, 0.4) is 0 Å². The van der Waals surface area contributed by atoms with Gasteiger partial charge < -0.3 is 5.32 Å². The first kappa shape index (κ1) is 12.0. The largest absolute Gasteiger partial charge is 0.339 e. The van der Waals surface area contributed by atoms with E-state index in [4.69, 9.17) is 0 Å². The van der Waals surface area contributed by atoms with Crippen LogP contribution in [-0.2, 0) is 9.59 Å². The molecule has 15 heavy (non-hydrogen) atoms. The van der Waals surface area contributed by atoms with Gasteiger partial charge in [0, 0.05) is 19.4 Å². The van der Waals surface area contributed by atoms with Gasteiger partial charge in [0.15, 0.2) is 0 Å². The lowest BCUT2D eigenvalue weighted by Crippen LogP contribution is -2.52. The van der Waals surface area contributed by atoms with Gasteiger partial charge in [0.05, 0.1) is 6.17 Å². The van der Waals surface area contributed by atoms with Crippen LogP contribution in [0.25, 0.3) is 0 Å². The Morgan fingerprint density at radius 1 is 1.27 bits per heavy atom. The molecule has 1 atom stereocenters. The van der Waals surface area contributed by atoms with Gasteiger partial charge in [-0.2, -0.15) is 5.01 Å². The fourth-order valence-corrected chi connectivity index (χ4v) is 1.58. The maximum atomic E-state index is 11.2. The molecule has 1 fully saturated rings. The Balaban J connectivity index is 2.42. The van der Waals surface area contributed by atoms with Gasteiger partial charge in [-0.15, -0.1) is 0 Å². The molecular formula is C10H19N3O2. The van der Waals surface area contributed by atoms with Gasteiger partial charge in [-0.3, -0.25) is 15.0 Å². The first-order valence-corrected chi connectivity index (χ1v) is 5.52. The van der Waals surface area contributed by atoms with Crippen molar-refractivity contribution in [3.05, 3.63) is 0 Å². The molecule has 5 heteroatoms. The highest BCUT2D eigenvalue weighted by molar-refractivity contribution is 5.76. The van der Waals surface area contributed by atoms with Crippen molar-refractivity contribution >= 4 is 11.8 Å². The molecule has 1 aliphatic heterocycles. The molecule has 5 nitrogen and oxygen atoms in total. The first-order valence-electron chi connectivity index (χ1n) is 5.52. The third kappa shape index (κ3) is 3.51. The predicted octanol–water partition coefficient (Wildman–Crippen LogP) is 0.376. The smallest absolute Gasteiger partial charge is 0.234 e. The molecule has 2 amide bonds. The zero-order valence-electron chi connectivity index (χ0n) is 9.38. The Labute approximate surface area is 90.2 Å². The van der Waals surface area contributed by atoms with E-state index in [1.807, 2.05) is 18.9 Å². The molecule has 1 rings (SSSR count). The summed E-state index contributed by atoms with van der Waals surface area (Å²) in [6, 6.07) is 0. The Morgan fingerprint density at radius 2 is 1.93 bits per heavy atom. The molecule has 0 aromatic heterocycles. The summed E-state index contributed by atoms with van der Waals surface area (Å²) < 4.78 is 0. The molecule has 0 saturated carbocycles. The van der Waals surface area contributed by atoms with Crippen LogP contribution in [0, 0.1) is 0 Å². The maximum Gasteiger partial charge on any atom is 0.234 e. The van der Waals surface area contributed by atoms with E-state index < -0.39 is 0 Å². The summed E-state index contributed by atoms with van der Waals surface area (Å²) in [6.07, 6.45) is 2.80. The molecule has 1 aliphatic rings. The summed E-state index contributed by atoms with van der Waals surface area (Å²) in [7, 11) is 0. The Morgan fingerprint density at radius 3 is 2.53 bits per heavy atom. The van der Waals surface area contributed by atoms with Crippen LogP contribution in [0.15, 0.2) is 0 Å². The van der Waals surface area contributed by atoms with Gasteiger partial charge >= 0.3 is 0 Å². The lowest BCUT2D eigenvalue weighted by molar-refractivity contribution is -0.129. The minimum atomic E-state index is -0.0343. The molecule has 0 bridgehead atoms. The summed E-state index contributed by atoms with van der Waals surface area (Å²) >= 11 is 0. The zero-order valence-corrected chi connectivity index (χ0v) is 9.38. The second kappa shape index (κ2) is 5.70. The Hall–Kier alpha value is -1.10. The molecular weight excluding hydrogens is 194 g/mol. The number of hydrogen-bond acceptors (Lipinski definition) is 3. The SMILES string of the molecule is CCC(=O)NC1CCCN1NC(=O)CC. The summed E-state index contributed by atoms with van der Waals surface area (Å²) in [5, 5.41) is 4.70. The number of carbonyl (C=O) groups is 2. The van der Waals surface area contributed by atoms with Crippen LogP contribution >= 0.6 is 0 Å². The molecule has 0 aromatic carbocycles. The van der Waals surface area contributed by atoms with E-state index in [1.165, 1.54) is 0 Å². The van der Waals surface area contributed by atoms with Crippen molar-refractivity contribution in [2.24, 2.45) is 0 Å². The molecule has 1 saturated heterocycles. The maximum absolute atomic E-state index is 11.2. The van der Waals surface area contributed by atoms with Crippen molar-refractivity contribution in [3.63, 3.8) is 0 Å². The van der Waals surface area contributed by atoms with Crippen LogP contribution in [0.5, 0.6) is 0 Å². The normalized spacial score (nSPS) is 21.3. The zero-order chi connectivity index (χ0) is 11.3. The van der Waals surface area contributed by atoms with Crippen molar-refractivity contribution in [1.82, 2.24) is 15.8 Å². The fraction of sp³-hybridized carbons (Fsp3) is 0.800. The summed E-state index contributed by atoms with van der Waals surface area (Å²) in [5.74, 6) is 0.0188. The number of carbonyl (C=O) groups excluding carboxylic acids is 2. The molecule has 0 aromatic rings. The second-order valence-corrected chi connectivity index (χ2v) is 3.66. The van der Waals surface area contributed by atoms with Crippen molar-refractivity contribution in [2.45, 2.75) is 45.7 Å². The molecule has 0 radical (unpaired) electrons. The molecule has 86 valence electrons. The van der Waals surface area contributed by atoms with E-state index in [0.29, 0.717) is 12.8 Å². The minimum absolute atomic E-state index is 0.00681. The van der Waals surface area contributed by atoms with Crippen molar-refractivity contribution in [1.29, 1.82) is 0 Å². The average Bonchev–Trinajstić information content (AvgIpc) is 2.65. The van der Waals surface area contributed by atoms with Crippen LogP contribution in [0.2, 0.25) is 0 Å². The van der Waals surface area contributed by atoms with Gasteiger partial charge in [-0.1, -0.05) is 13.8 Å². The first-order chi connectivity index (χ1) is 7.17. The van der Waals surface area contributed by atoms with E-state index in [2.05, 4.69) is 10.7 Å². The van der Waals surface area contributed by atoms with E-state index in [1.54, 1.807) is 0 Å². The molecule has 1 heterocycles. The van der Waals surface area contributed by atoms with Crippen molar-refractivity contribution in [3.8, 4) is 0 Å². The van der Waals surface area contributed by atoms with Gasteiger partial charge in [0.25, 0.3) is 0 Å². The molecule has 0 aliphatic carbocycles. The van der Waals surface area contributed by atoms with Crippen molar-refractivity contribution in [2.75, 3.05) is 6.54 Å². The fourth-order valence-electron chi connectivity index (χ4n) is 1.58. The van der Waals surface area contributed by atoms with Gasteiger partial charge in [-0.05, 0) is 12.8 Å². The molecule has 0 spiro atoms. The number of nitrogens with one attached hydrogen (secondary N) is 2. The topological polar surface area (TPSA) is 61.4 Å². The molecule has 1 unspecified atom stereocenters. The van der Waals surface area contributed by atoms with Crippen LogP contribution in [-0.4, -0.2) is 29.5 Å². The number of amides is 2. The standard InChI is InChI=1S/C10H19N3O2/c1-3-9(14)11-8-6-5-7-13(8)12-10(15)4-2/h8H,3-7H2,1-2H3,(H,11,14)(H,12,15). The van der Waals surface area contributed by atoms with E-state index >= 15 is 0 Å². The van der Waals surface area contributed by atoms with Crippen LogP contribution in [0.4, 0.5) is 0 Å².